The number of rotatable bonds is 63. The standard InChI is InChI=1S/C94H173N11O27/c1-58(2)64-27-22-28-65(32-31-64)126-55-89(12,13)50-88(10,11)53-101-70(114)29-23-30-74(118)105-94(36-33-71(115)95-39-24-42-98-81(123)59(3)45-87(8,9)54-128-83-75(103-62(6)112)79(121)77(119)68(48-108)131-83,37-34-72(116)96-40-25-43-99-85(124)92(18,19)51-90(14,15)56-127-82(66(46-106)102-61(5)111)130-67(47-107)60(4)110)38-35-73(117)97-41-26-44-100-86(125)93(20,21)52-91(16,17)57-129-84-76(104-63(7)113)80(122)78(120)69(49-109)132-84/h58-60,64-69,75-80,82-84,106-110,119-122H,22-57H2,1-21H3,(H,95,115)(H,96,116)(H,97,117)(H,98,123)(H,99,124)(H,100,125)(H,101,114)(H,102,111)(H,103,112)(H,104,113)(H,105,118)/t59?,60-,64?,65?,66+,67?,68?,69?,75?,76?,77?,78?,79?,80?,82?,83?,84?,94?/m1/s1. The number of amides is 11. The number of nitrogens with one attached hydrogen (secondary N) is 11. The predicted octanol–water partition coefficient (Wildman–Crippen LogP) is 2.86. The van der Waals surface area contributed by atoms with Gasteiger partial charge in [0.15, 0.2) is 18.9 Å². The van der Waals surface area contributed by atoms with Crippen molar-refractivity contribution in [3.8, 4) is 0 Å². The zero-order chi connectivity index (χ0) is 99.9. The Morgan fingerprint density at radius 2 is 0.864 bits per heavy atom. The van der Waals surface area contributed by atoms with Crippen LogP contribution in [0.2, 0.25) is 0 Å². The highest BCUT2D eigenvalue weighted by molar-refractivity contribution is 5.83. The van der Waals surface area contributed by atoms with Gasteiger partial charge in [0.1, 0.15) is 60.9 Å². The molecule has 38 heteroatoms. The molecule has 2 saturated heterocycles. The maximum absolute atomic E-state index is 14.6. The highest BCUT2D eigenvalue weighted by atomic mass is 16.7. The van der Waals surface area contributed by atoms with Crippen molar-refractivity contribution in [2.45, 2.75) is 378 Å². The van der Waals surface area contributed by atoms with E-state index in [4.69, 9.17) is 33.2 Å². The molecule has 16 unspecified atom stereocenters. The van der Waals surface area contributed by atoms with Crippen LogP contribution in [0.15, 0.2) is 0 Å². The van der Waals surface area contributed by atoms with E-state index in [-0.39, 0.29) is 183 Å². The van der Waals surface area contributed by atoms with Gasteiger partial charge in [0, 0.05) is 121 Å². The molecule has 132 heavy (non-hydrogen) atoms. The van der Waals surface area contributed by atoms with E-state index in [0.29, 0.717) is 37.8 Å². The Hall–Kier alpha value is -6.47. The van der Waals surface area contributed by atoms with E-state index in [0.717, 1.165) is 32.1 Å². The van der Waals surface area contributed by atoms with Crippen LogP contribution in [-0.4, -0.2) is 307 Å². The van der Waals surface area contributed by atoms with Gasteiger partial charge in [-0.15, -0.1) is 0 Å². The third kappa shape index (κ3) is 45.2. The molecule has 0 radical (unpaired) electrons. The molecule has 18 atom stereocenters. The van der Waals surface area contributed by atoms with Gasteiger partial charge in [0.25, 0.3) is 0 Å². The molecule has 20 N–H and O–H groups in total. The number of carbonyl (C=O) groups is 11. The van der Waals surface area contributed by atoms with E-state index in [2.05, 4.69) is 100 Å². The van der Waals surface area contributed by atoms with Crippen LogP contribution in [0.1, 0.15) is 280 Å². The van der Waals surface area contributed by atoms with Gasteiger partial charge in [-0.05, 0) is 136 Å². The number of hydrogen-bond acceptors (Lipinski definition) is 27. The zero-order valence-corrected chi connectivity index (χ0v) is 83.2. The normalized spacial score (nSPS) is 22.9. The van der Waals surface area contributed by atoms with Crippen molar-refractivity contribution < 1.29 is 132 Å². The lowest BCUT2D eigenvalue weighted by Gasteiger charge is -2.43. The van der Waals surface area contributed by atoms with Crippen molar-refractivity contribution in [3.63, 3.8) is 0 Å². The predicted molar refractivity (Wildman–Crippen MR) is 493 cm³/mol. The summed E-state index contributed by atoms with van der Waals surface area (Å²) >= 11 is 0. The maximum atomic E-state index is 14.6. The summed E-state index contributed by atoms with van der Waals surface area (Å²) in [5, 5.41) is 124. The fraction of sp³-hybridized carbons (Fsp3) is 0.883. The first-order valence-corrected chi connectivity index (χ1v) is 47.7. The summed E-state index contributed by atoms with van der Waals surface area (Å²) in [5.41, 5.74) is -6.00. The fourth-order valence-electron chi connectivity index (χ4n) is 18.2. The van der Waals surface area contributed by atoms with Crippen molar-refractivity contribution in [1.82, 2.24) is 58.5 Å². The second-order valence-corrected chi connectivity index (χ2v) is 42.8. The average molecular weight is 1890 g/mol. The Labute approximate surface area is 783 Å². The monoisotopic (exact) mass is 1890 g/mol. The first-order valence-electron chi connectivity index (χ1n) is 47.7. The molecule has 1 saturated carbocycles. The average Bonchev–Trinajstić information content (AvgIpc) is 0.843. The molecule has 11 amide bonds. The number of hydrogen-bond donors (Lipinski definition) is 20. The van der Waals surface area contributed by atoms with Crippen molar-refractivity contribution in [1.29, 1.82) is 0 Å². The highest BCUT2D eigenvalue weighted by Crippen LogP contribution is 2.40. The summed E-state index contributed by atoms with van der Waals surface area (Å²) in [5.74, 6) is -3.71. The van der Waals surface area contributed by atoms with Gasteiger partial charge in [0.2, 0.25) is 65.0 Å². The first kappa shape index (κ1) is 120. The van der Waals surface area contributed by atoms with Crippen molar-refractivity contribution in [2.75, 3.05) is 98.7 Å². The van der Waals surface area contributed by atoms with Crippen LogP contribution in [0.3, 0.4) is 0 Å². The molecule has 0 aromatic carbocycles. The lowest BCUT2D eigenvalue weighted by Crippen LogP contribution is -2.64. The van der Waals surface area contributed by atoms with Gasteiger partial charge in [-0.1, -0.05) is 131 Å². The SMILES string of the molecule is CC(=O)NC1C(OCC(C)(C)CC(C)C(=O)NCCCNC(=O)CCC(CCC(=O)NCCCNC(=O)C(C)(C)CC(C)(C)COC2OC(CO)C(O)C(O)C2NC(C)=O)(CCC(=O)NCCCNC(=O)C(C)(C)CC(C)(C)COC(OC(CO)[C@@H](C)O)[C@H](CO)NC(C)=O)NC(=O)CCCC(=O)NCC(C)(C)CC(C)(C)COC2CCCC(C(C)C)CC2)OC(CO)C(O)C1O. The van der Waals surface area contributed by atoms with Crippen LogP contribution >= 0.6 is 0 Å². The lowest BCUT2D eigenvalue weighted by atomic mass is 9.75. The van der Waals surface area contributed by atoms with Crippen LogP contribution in [-0.2, 0) is 85.9 Å². The molecule has 2 aliphatic heterocycles. The molecule has 3 aliphatic rings. The number of aliphatic hydroxyl groups is 9. The van der Waals surface area contributed by atoms with Gasteiger partial charge in [-0.2, -0.15) is 0 Å². The third-order valence-corrected chi connectivity index (χ3v) is 24.7. The quantitative estimate of drug-likeness (QED) is 0.0236. The van der Waals surface area contributed by atoms with Gasteiger partial charge in [-0.3, -0.25) is 52.7 Å². The van der Waals surface area contributed by atoms with Gasteiger partial charge < -0.3 is 138 Å². The molecule has 1 aliphatic carbocycles. The molecule has 2 heterocycles. The smallest absolute Gasteiger partial charge is 0.225 e. The summed E-state index contributed by atoms with van der Waals surface area (Å²) in [6.45, 7) is 37.4. The lowest BCUT2D eigenvalue weighted by molar-refractivity contribution is -0.276. The van der Waals surface area contributed by atoms with Crippen LogP contribution in [0.25, 0.3) is 0 Å². The minimum absolute atomic E-state index is 0.00205. The van der Waals surface area contributed by atoms with Gasteiger partial charge in [0.05, 0.1) is 65.1 Å². The maximum Gasteiger partial charge on any atom is 0.225 e. The molecule has 3 fully saturated rings. The molecular weight excluding hydrogens is 1720 g/mol. The molecule has 38 nitrogen and oxygen atoms in total. The van der Waals surface area contributed by atoms with Crippen LogP contribution < -0.4 is 58.5 Å². The highest BCUT2D eigenvalue weighted by Gasteiger charge is 2.49. The number of carbonyl (C=O) groups excluding carboxylic acids is 11. The zero-order valence-electron chi connectivity index (χ0n) is 83.2. The summed E-state index contributed by atoms with van der Waals surface area (Å²) in [6, 6.07) is -3.38. The fourth-order valence-corrected chi connectivity index (χ4v) is 18.2. The summed E-state index contributed by atoms with van der Waals surface area (Å²) in [4.78, 5) is 148. The second kappa shape index (κ2) is 57.0. The van der Waals surface area contributed by atoms with E-state index in [1.54, 1.807) is 34.6 Å². The molecule has 3 rings (SSSR count). The topological polar surface area (TPSA) is 567 Å². The van der Waals surface area contributed by atoms with Crippen molar-refractivity contribution in [2.24, 2.45) is 55.7 Å². The molecule has 0 spiro atoms. The number of aliphatic hydroxyl groups excluding tert-OH is 9. The Morgan fingerprint density at radius 1 is 0.439 bits per heavy atom. The van der Waals surface area contributed by atoms with E-state index >= 15 is 0 Å². The van der Waals surface area contributed by atoms with E-state index in [1.807, 2.05) is 41.5 Å². The van der Waals surface area contributed by atoms with Gasteiger partial charge >= 0.3 is 0 Å². The Bertz CT molecular complexity index is 3530. The van der Waals surface area contributed by atoms with E-state index < -0.39 is 192 Å². The Balaban J connectivity index is 1.87. The van der Waals surface area contributed by atoms with E-state index in [9.17, 15) is 98.7 Å². The Morgan fingerprint density at radius 3 is 1.30 bits per heavy atom. The molecule has 766 valence electrons. The number of ether oxygens (including phenoxy) is 7. The second-order valence-electron chi connectivity index (χ2n) is 42.8. The first-order chi connectivity index (χ1) is 61.4. The van der Waals surface area contributed by atoms with Crippen molar-refractivity contribution >= 4 is 65.0 Å². The minimum Gasteiger partial charge on any atom is -0.394 e. The molecule has 0 bridgehead atoms. The molecule has 0 aromatic heterocycles. The Kier molecular flexibility index (Phi) is 51.7. The van der Waals surface area contributed by atoms with Crippen LogP contribution in [0.5, 0.6) is 0 Å². The molecular formula is C94H173N11O27. The van der Waals surface area contributed by atoms with Gasteiger partial charge in [-0.25, -0.2) is 0 Å². The summed E-state index contributed by atoms with van der Waals surface area (Å²) < 4.78 is 42.1. The summed E-state index contributed by atoms with van der Waals surface area (Å²) in [6.07, 6.45) is -6.96. The largest absolute Gasteiger partial charge is 0.394 e. The van der Waals surface area contributed by atoms with E-state index in [1.165, 1.54) is 34.1 Å². The third-order valence-electron chi connectivity index (χ3n) is 24.7. The minimum atomic E-state index is -1.52. The molecule has 0 aromatic rings. The van der Waals surface area contributed by atoms with Crippen LogP contribution in [0, 0.1) is 55.7 Å². The van der Waals surface area contributed by atoms with Crippen LogP contribution in [0.4, 0.5) is 0 Å². The summed E-state index contributed by atoms with van der Waals surface area (Å²) in [7, 11) is 0. The van der Waals surface area contributed by atoms with Crippen molar-refractivity contribution in [3.05, 3.63) is 0 Å².